The van der Waals surface area contributed by atoms with Gasteiger partial charge in [0, 0.05) is 32.1 Å². The van der Waals surface area contributed by atoms with Gasteiger partial charge in [0.1, 0.15) is 5.75 Å². The van der Waals surface area contributed by atoms with Crippen molar-refractivity contribution in [2.24, 2.45) is 10.4 Å². The maximum Gasteiger partial charge on any atom is 0.193 e. The molecule has 128 valence electrons. The molecule has 1 aromatic carbocycles. The van der Waals surface area contributed by atoms with Gasteiger partial charge >= 0.3 is 0 Å². The lowest BCUT2D eigenvalue weighted by Gasteiger charge is -2.22. The Kier molecular flexibility index (Phi) is 5.81. The van der Waals surface area contributed by atoms with Crippen LogP contribution in [0.1, 0.15) is 38.2 Å². The highest BCUT2D eigenvalue weighted by Gasteiger charge is 2.46. The van der Waals surface area contributed by atoms with Crippen LogP contribution in [0, 0.1) is 5.41 Å². The Balaban J connectivity index is 0.00000192. The van der Waals surface area contributed by atoms with Crippen LogP contribution in [0.3, 0.4) is 0 Å². The largest absolute Gasteiger partial charge is 0.497 e. The summed E-state index contributed by atoms with van der Waals surface area (Å²) in [6.45, 7) is 6.73. The predicted molar refractivity (Wildman–Crippen MR) is 106 cm³/mol. The van der Waals surface area contributed by atoms with E-state index in [1.807, 2.05) is 7.05 Å². The topological polar surface area (TPSA) is 36.9 Å². The first-order valence-corrected chi connectivity index (χ1v) is 8.15. The van der Waals surface area contributed by atoms with Crippen molar-refractivity contribution in [1.82, 2.24) is 10.2 Å². The Morgan fingerprint density at radius 1 is 1.30 bits per heavy atom. The molecule has 0 aromatic heterocycles. The molecule has 1 aliphatic heterocycles. The molecule has 1 saturated carbocycles. The smallest absolute Gasteiger partial charge is 0.193 e. The summed E-state index contributed by atoms with van der Waals surface area (Å²) < 4.78 is 5.24. The van der Waals surface area contributed by atoms with Crippen LogP contribution in [-0.4, -0.2) is 44.1 Å². The van der Waals surface area contributed by atoms with E-state index < -0.39 is 0 Å². The van der Waals surface area contributed by atoms with Gasteiger partial charge < -0.3 is 15.0 Å². The summed E-state index contributed by atoms with van der Waals surface area (Å²) in [5.74, 6) is 2.57. The molecule has 2 atom stereocenters. The van der Waals surface area contributed by atoms with Crippen molar-refractivity contribution in [3.8, 4) is 5.75 Å². The lowest BCUT2D eigenvalue weighted by molar-refractivity contribution is 0.414. The Hall–Kier alpha value is -0.980. The highest BCUT2D eigenvalue weighted by atomic mass is 127. The number of ether oxygens (including phenoxy) is 1. The predicted octanol–water partition coefficient (Wildman–Crippen LogP) is 3.48. The van der Waals surface area contributed by atoms with Gasteiger partial charge in [-0.25, -0.2) is 0 Å². The minimum absolute atomic E-state index is 0. The van der Waals surface area contributed by atoms with E-state index in [-0.39, 0.29) is 24.0 Å². The summed E-state index contributed by atoms with van der Waals surface area (Å²) >= 11 is 0. The molecule has 5 heteroatoms. The quantitative estimate of drug-likeness (QED) is 0.454. The van der Waals surface area contributed by atoms with Gasteiger partial charge in [-0.05, 0) is 36.0 Å². The van der Waals surface area contributed by atoms with Gasteiger partial charge in [-0.2, -0.15) is 0 Å². The molecular formula is C18H28IN3O. The molecule has 1 saturated heterocycles. The van der Waals surface area contributed by atoms with Gasteiger partial charge in [0.05, 0.1) is 7.11 Å². The second-order valence-electron chi connectivity index (χ2n) is 7.14. The minimum atomic E-state index is 0. The fourth-order valence-corrected chi connectivity index (χ4v) is 3.27. The van der Waals surface area contributed by atoms with Crippen LogP contribution in [0.2, 0.25) is 0 Å². The lowest BCUT2D eigenvalue weighted by atomic mass is 9.98. The number of benzene rings is 1. The van der Waals surface area contributed by atoms with Gasteiger partial charge in [0.25, 0.3) is 0 Å². The zero-order valence-corrected chi connectivity index (χ0v) is 16.8. The number of halogens is 1. The van der Waals surface area contributed by atoms with Crippen molar-refractivity contribution in [2.45, 2.75) is 38.6 Å². The Morgan fingerprint density at radius 3 is 2.48 bits per heavy atom. The van der Waals surface area contributed by atoms with Crippen LogP contribution in [0.25, 0.3) is 0 Å². The molecule has 2 unspecified atom stereocenters. The third-order valence-electron chi connectivity index (χ3n) is 5.10. The van der Waals surface area contributed by atoms with Crippen molar-refractivity contribution in [2.75, 3.05) is 27.2 Å². The number of aliphatic imine (C=N–C) groups is 1. The van der Waals surface area contributed by atoms with Gasteiger partial charge in [-0.3, -0.25) is 4.99 Å². The van der Waals surface area contributed by atoms with Gasteiger partial charge in [-0.1, -0.05) is 26.0 Å². The monoisotopic (exact) mass is 429 g/mol. The molecule has 2 aliphatic rings. The number of hydrogen-bond acceptors (Lipinski definition) is 2. The standard InChI is InChI=1S/C18H27N3O.HI/c1-18(2)11-16(18)20-17(19-3)21-10-9-14(12-21)13-5-7-15(22-4)8-6-13;/h5-8,14,16H,9-12H2,1-4H3,(H,19,20);1H. The molecule has 3 rings (SSSR count). The number of nitrogens with one attached hydrogen (secondary N) is 1. The SMILES string of the molecule is CN=C(NC1CC1(C)C)N1CCC(c2ccc(OC)cc2)C1.I. The van der Waals surface area contributed by atoms with Gasteiger partial charge in [-0.15, -0.1) is 24.0 Å². The summed E-state index contributed by atoms with van der Waals surface area (Å²) in [6.07, 6.45) is 2.42. The molecule has 0 amide bonds. The molecule has 4 nitrogen and oxygen atoms in total. The fourth-order valence-electron chi connectivity index (χ4n) is 3.27. The maximum absolute atomic E-state index is 5.24. The zero-order valence-electron chi connectivity index (χ0n) is 14.5. The first kappa shape index (κ1) is 18.4. The molecule has 0 spiro atoms. The average molecular weight is 429 g/mol. The molecule has 2 fully saturated rings. The molecule has 1 aliphatic carbocycles. The Labute approximate surface area is 156 Å². The highest BCUT2D eigenvalue weighted by molar-refractivity contribution is 14.0. The Bertz CT molecular complexity index is 556. The molecular weight excluding hydrogens is 401 g/mol. The normalized spacial score (nSPS) is 25.7. The fraction of sp³-hybridized carbons (Fsp3) is 0.611. The van der Waals surface area contributed by atoms with E-state index >= 15 is 0 Å². The molecule has 1 N–H and O–H groups in total. The molecule has 1 heterocycles. The van der Waals surface area contributed by atoms with E-state index in [1.54, 1.807) is 7.11 Å². The number of nitrogens with zero attached hydrogens (tertiary/aromatic N) is 2. The molecule has 23 heavy (non-hydrogen) atoms. The summed E-state index contributed by atoms with van der Waals surface area (Å²) in [7, 11) is 3.60. The van der Waals surface area contributed by atoms with E-state index in [2.05, 4.69) is 53.3 Å². The second kappa shape index (κ2) is 7.28. The van der Waals surface area contributed by atoms with E-state index in [1.165, 1.54) is 18.4 Å². The van der Waals surface area contributed by atoms with Crippen LogP contribution in [-0.2, 0) is 0 Å². The van der Waals surface area contributed by atoms with E-state index in [9.17, 15) is 0 Å². The van der Waals surface area contributed by atoms with Crippen LogP contribution in [0.5, 0.6) is 5.75 Å². The molecule has 0 bridgehead atoms. The minimum Gasteiger partial charge on any atom is -0.497 e. The van der Waals surface area contributed by atoms with Gasteiger partial charge in [0.15, 0.2) is 5.96 Å². The third-order valence-corrected chi connectivity index (χ3v) is 5.10. The number of rotatable bonds is 3. The van der Waals surface area contributed by atoms with Crippen molar-refractivity contribution < 1.29 is 4.74 Å². The Morgan fingerprint density at radius 2 is 1.96 bits per heavy atom. The van der Waals surface area contributed by atoms with Crippen LogP contribution < -0.4 is 10.1 Å². The third kappa shape index (κ3) is 4.11. The van der Waals surface area contributed by atoms with Crippen LogP contribution in [0.4, 0.5) is 0 Å². The second-order valence-corrected chi connectivity index (χ2v) is 7.14. The van der Waals surface area contributed by atoms with Crippen molar-refractivity contribution in [3.05, 3.63) is 29.8 Å². The maximum atomic E-state index is 5.24. The first-order valence-electron chi connectivity index (χ1n) is 8.15. The van der Waals surface area contributed by atoms with Crippen molar-refractivity contribution in [3.63, 3.8) is 0 Å². The highest BCUT2D eigenvalue weighted by Crippen LogP contribution is 2.44. The lowest BCUT2D eigenvalue weighted by Crippen LogP contribution is -2.42. The van der Waals surface area contributed by atoms with Gasteiger partial charge in [0.2, 0.25) is 0 Å². The van der Waals surface area contributed by atoms with Crippen LogP contribution >= 0.6 is 24.0 Å². The van der Waals surface area contributed by atoms with Crippen LogP contribution in [0.15, 0.2) is 29.3 Å². The van der Waals surface area contributed by atoms with E-state index in [0.29, 0.717) is 17.4 Å². The number of hydrogen-bond donors (Lipinski definition) is 1. The number of likely N-dealkylation sites (tertiary alicyclic amines) is 1. The number of methoxy groups -OCH3 is 1. The first-order chi connectivity index (χ1) is 10.5. The zero-order chi connectivity index (χ0) is 15.7. The summed E-state index contributed by atoms with van der Waals surface area (Å²) in [6, 6.07) is 9.06. The van der Waals surface area contributed by atoms with Crippen molar-refractivity contribution >= 4 is 29.9 Å². The number of guanidine groups is 1. The molecule has 1 aromatic rings. The summed E-state index contributed by atoms with van der Waals surface area (Å²) in [5.41, 5.74) is 1.82. The average Bonchev–Trinajstić information content (AvgIpc) is 2.92. The summed E-state index contributed by atoms with van der Waals surface area (Å²) in [4.78, 5) is 6.87. The van der Waals surface area contributed by atoms with E-state index in [4.69, 9.17) is 4.74 Å². The van der Waals surface area contributed by atoms with E-state index in [0.717, 1.165) is 24.8 Å². The molecule has 0 radical (unpaired) electrons. The summed E-state index contributed by atoms with van der Waals surface area (Å²) in [5, 5.41) is 3.62. The van der Waals surface area contributed by atoms with Crippen molar-refractivity contribution in [1.29, 1.82) is 0 Å².